The molecular formula is C17H22BrN3O. The number of rotatable bonds is 4. The number of fused-ring (bicyclic) bond motifs is 1. The Morgan fingerprint density at radius 2 is 2.05 bits per heavy atom. The molecule has 3 rings (SSSR count). The van der Waals surface area contributed by atoms with E-state index in [2.05, 4.69) is 56.3 Å². The minimum absolute atomic E-state index is 0.0834. The van der Waals surface area contributed by atoms with E-state index in [0.717, 1.165) is 30.2 Å². The molecule has 0 bridgehead atoms. The predicted octanol–water partition coefficient (Wildman–Crippen LogP) is 3.35. The van der Waals surface area contributed by atoms with Crippen LogP contribution in [0.2, 0.25) is 0 Å². The first-order valence-corrected chi connectivity index (χ1v) is 8.73. The van der Waals surface area contributed by atoms with Gasteiger partial charge in [-0.15, -0.1) is 0 Å². The van der Waals surface area contributed by atoms with Gasteiger partial charge in [0.15, 0.2) is 0 Å². The maximum Gasteiger partial charge on any atom is 0.221 e. The molecule has 0 atom stereocenters. The highest BCUT2D eigenvalue weighted by Crippen LogP contribution is 2.34. The van der Waals surface area contributed by atoms with Crippen LogP contribution in [-0.2, 0) is 4.79 Å². The van der Waals surface area contributed by atoms with E-state index in [1.165, 1.54) is 10.9 Å². The second-order valence-electron chi connectivity index (χ2n) is 6.01. The zero-order valence-electron chi connectivity index (χ0n) is 12.6. The molecule has 118 valence electrons. The van der Waals surface area contributed by atoms with Crippen LogP contribution in [0.15, 0.2) is 34.9 Å². The number of carbonyl (C=O) groups excluding carboxylic acids is 1. The molecule has 0 radical (unpaired) electrons. The van der Waals surface area contributed by atoms with Crippen molar-refractivity contribution in [3.63, 3.8) is 0 Å². The highest BCUT2D eigenvalue weighted by molar-refractivity contribution is 9.10. The lowest BCUT2D eigenvalue weighted by Gasteiger charge is -2.30. The summed E-state index contributed by atoms with van der Waals surface area (Å²) < 4.78 is 3.53. The number of benzene rings is 1. The Hall–Kier alpha value is -1.33. The summed E-state index contributed by atoms with van der Waals surface area (Å²) in [6, 6.07) is 9.31. The van der Waals surface area contributed by atoms with Crippen LogP contribution in [-0.4, -0.2) is 23.1 Å². The molecular weight excluding hydrogens is 342 g/mol. The zero-order chi connectivity index (χ0) is 15.5. The van der Waals surface area contributed by atoms with Gasteiger partial charge in [0.2, 0.25) is 5.91 Å². The van der Waals surface area contributed by atoms with E-state index in [1.54, 1.807) is 0 Å². The smallest absolute Gasteiger partial charge is 0.221 e. The Balaban J connectivity index is 1.67. The fraction of sp³-hybridized carbons (Fsp3) is 0.471. The highest BCUT2D eigenvalue weighted by Gasteiger charge is 2.24. The molecule has 0 aliphatic heterocycles. The third-order valence-corrected chi connectivity index (χ3v) is 5.16. The van der Waals surface area contributed by atoms with Crippen LogP contribution in [0.3, 0.4) is 0 Å². The van der Waals surface area contributed by atoms with E-state index in [4.69, 9.17) is 5.73 Å². The molecule has 1 aromatic heterocycles. The normalized spacial score (nSPS) is 21.9. The highest BCUT2D eigenvalue weighted by atomic mass is 79.9. The van der Waals surface area contributed by atoms with E-state index < -0.39 is 0 Å². The van der Waals surface area contributed by atoms with Crippen LogP contribution in [0, 0.1) is 0 Å². The van der Waals surface area contributed by atoms with Crippen molar-refractivity contribution in [2.24, 2.45) is 5.73 Å². The number of amides is 1. The Morgan fingerprint density at radius 3 is 2.77 bits per heavy atom. The molecule has 5 heteroatoms. The van der Waals surface area contributed by atoms with Crippen LogP contribution >= 0.6 is 15.9 Å². The maximum absolute atomic E-state index is 11.6. The maximum atomic E-state index is 11.6. The number of nitrogens with zero attached hydrogens (tertiary/aromatic N) is 1. The molecule has 0 saturated heterocycles. The SMILES string of the molecule is NCCC(=O)NC1CCC(n2ccc3cccc(Br)c32)CC1. The number of para-hydroxylation sites is 1. The number of hydrogen-bond acceptors (Lipinski definition) is 2. The van der Waals surface area contributed by atoms with Gasteiger partial charge in [0.25, 0.3) is 0 Å². The lowest BCUT2D eigenvalue weighted by Crippen LogP contribution is -2.38. The molecule has 1 amide bonds. The Bertz CT molecular complexity index is 659. The molecule has 1 heterocycles. The first-order chi connectivity index (χ1) is 10.7. The van der Waals surface area contributed by atoms with Crippen molar-refractivity contribution < 1.29 is 4.79 Å². The summed E-state index contributed by atoms with van der Waals surface area (Å²) in [5.74, 6) is 0.0834. The molecule has 3 N–H and O–H groups in total. The van der Waals surface area contributed by atoms with Crippen LogP contribution in [0.4, 0.5) is 0 Å². The second kappa shape index (κ2) is 6.84. The number of aromatic nitrogens is 1. The van der Waals surface area contributed by atoms with E-state index >= 15 is 0 Å². The van der Waals surface area contributed by atoms with E-state index in [0.29, 0.717) is 25.0 Å². The first-order valence-electron chi connectivity index (χ1n) is 7.93. The van der Waals surface area contributed by atoms with Gasteiger partial charge < -0.3 is 15.6 Å². The lowest BCUT2D eigenvalue weighted by atomic mass is 9.91. The van der Waals surface area contributed by atoms with Crippen LogP contribution < -0.4 is 11.1 Å². The summed E-state index contributed by atoms with van der Waals surface area (Å²) in [7, 11) is 0. The van der Waals surface area contributed by atoms with Gasteiger partial charge in [0.1, 0.15) is 0 Å². The largest absolute Gasteiger partial charge is 0.353 e. The van der Waals surface area contributed by atoms with Gasteiger partial charge in [-0.1, -0.05) is 12.1 Å². The molecule has 1 aliphatic carbocycles. The van der Waals surface area contributed by atoms with Crippen molar-refractivity contribution in [3.05, 3.63) is 34.9 Å². The molecule has 22 heavy (non-hydrogen) atoms. The third kappa shape index (κ3) is 3.20. The average molecular weight is 364 g/mol. The quantitative estimate of drug-likeness (QED) is 0.874. The van der Waals surface area contributed by atoms with Crippen molar-refractivity contribution >= 4 is 32.7 Å². The molecule has 2 aromatic rings. The van der Waals surface area contributed by atoms with Gasteiger partial charge in [0, 0.05) is 41.1 Å². The van der Waals surface area contributed by atoms with Crippen molar-refractivity contribution in [1.82, 2.24) is 9.88 Å². The van der Waals surface area contributed by atoms with Crippen LogP contribution in [0.1, 0.15) is 38.1 Å². The second-order valence-corrected chi connectivity index (χ2v) is 6.87. The summed E-state index contributed by atoms with van der Waals surface area (Å²) in [6.07, 6.45) is 6.87. The number of nitrogens with one attached hydrogen (secondary N) is 1. The standard InChI is InChI=1S/C17H22BrN3O/c18-15-3-1-2-12-9-11-21(17(12)15)14-6-4-13(5-7-14)20-16(22)8-10-19/h1-3,9,11,13-14H,4-8,10,19H2,(H,20,22). The molecule has 1 aromatic carbocycles. The Morgan fingerprint density at radius 1 is 1.27 bits per heavy atom. The van der Waals surface area contributed by atoms with Crippen LogP contribution in [0.5, 0.6) is 0 Å². The molecule has 1 aliphatic rings. The van der Waals surface area contributed by atoms with Crippen molar-refractivity contribution in [1.29, 1.82) is 0 Å². The van der Waals surface area contributed by atoms with Gasteiger partial charge in [-0.3, -0.25) is 4.79 Å². The predicted molar refractivity (Wildman–Crippen MR) is 92.7 cm³/mol. The van der Waals surface area contributed by atoms with E-state index in [-0.39, 0.29) is 5.91 Å². The summed E-state index contributed by atoms with van der Waals surface area (Å²) in [6.45, 7) is 0.421. The number of hydrogen-bond donors (Lipinski definition) is 2. The van der Waals surface area contributed by atoms with Gasteiger partial charge in [-0.05, 0) is 53.7 Å². The minimum atomic E-state index is 0.0834. The first kappa shape index (κ1) is 15.6. The molecule has 0 spiro atoms. The van der Waals surface area contributed by atoms with Gasteiger partial charge in [0.05, 0.1) is 5.52 Å². The summed E-state index contributed by atoms with van der Waals surface area (Å²) in [5.41, 5.74) is 6.70. The van der Waals surface area contributed by atoms with Gasteiger partial charge >= 0.3 is 0 Å². The van der Waals surface area contributed by atoms with Gasteiger partial charge in [-0.25, -0.2) is 0 Å². The fourth-order valence-electron chi connectivity index (χ4n) is 3.41. The number of halogens is 1. The molecule has 0 unspecified atom stereocenters. The van der Waals surface area contributed by atoms with E-state index in [1.807, 2.05) is 0 Å². The number of carbonyl (C=O) groups is 1. The summed E-state index contributed by atoms with van der Waals surface area (Å²) in [5, 5.41) is 4.37. The van der Waals surface area contributed by atoms with Crippen molar-refractivity contribution in [3.8, 4) is 0 Å². The minimum Gasteiger partial charge on any atom is -0.353 e. The monoisotopic (exact) mass is 363 g/mol. The number of nitrogens with two attached hydrogens (primary N) is 1. The summed E-state index contributed by atoms with van der Waals surface area (Å²) in [4.78, 5) is 11.6. The lowest BCUT2D eigenvalue weighted by molar-refractivity contribution is -0.121. The fourth-order valence-corrected chi connectivity index (χ4v) is 3.99. The van der Waals surface area contributed by atoms with Gasteiger partial charge in [-0.2, -0.15) is 0 Å². The van der Waals surface area contributed by atoms with Crippen molar-refractivity contribution in [2.45, 2.75) is 44.2 Å². The van der Waals surface area contributed by atoms with Crippen LogP contribution in [0.25, 0.3) is 10.9 Å². The summed E-state index contributed by atoms with van der Waals surface area (Å²) >= 11 is 3.67. The van der Waals surface area contributed by atoms with E-state index in [9.17, 15) is 4.79 Å². The zero-order valence-corrected chi connectivity index (χ0v) is 14.2. The third-order valence-electron chi connectivity index (χ3n) is 4.52. The molecule has 1 saturated carbocycles. The molecule has 1 fully saturated rings. The van der Waals surface area contributed by atoms with Crippen molar-refractivity contribution in [2.75, 3.05) is 6.54 Å². The average Bonchev–Trinajstić information content (AvgIpc) is 2.94. The molecule has 4 nitrogen and oxygen atoms in total. The Kier molecular flexibility index (Phi) is 4.84. The Labute approximate surface area is 139 Å². The topological polar surface area (TPSA) is 60.1 Å².